The lowest BCUT2D eigenvalue weighted by molar-refractivity contribution is 0.0547. The molecule has 0 spiro atoms. The highest BCUT2D eigenvalue weighted by molar-refractivity contribution is 9.10. The van der Waals surface area contributed by atoms with Gasteiger partial charge in [0.15, 0.2) is 0 Å². The molecule has 0 aliphatic carbocycles. The summed E-state index contributed by atoms with van der Waals surface area (Å²) in [5, 5.41) is 10.1. The zero-order chi connectivity index (χ0) is 18.2. The number of nitrogens with zero attached hydrogens (tertiary/aromatic N) is 2. The molecule has 0 saturated carbocycles. The van der Waals surface area contributed by atoms with Crippen LogP contribution in [0.4, 0.5) is 4.79 Å². The van der Waals surface area contributed by atoms with Crippen molar-refractivity contribution in [1.29, 1.82) is 5.26 Å². The van der Waals surface area contributed by atoms with Crippen molar-refractivity contribution in [3.8, 4) is 17.3 Å². The van der Waals surface area contributed by atoms with Crippen molar-refractivity contribution in [3.05, 3.63) is 58.6 Å². The Labute approximate surface area is 154 Å². The third kappa shape index (κ3) is 3.59. The molecule has 0 amide bonds. The largest absolute Gasteiger partial charge is 0.443 e. The molecule has 0 saturated heterocycles. The van der Waals surface area contributed by atoms with E-state index < -0.39 is 11.7 Å². The molecule has 1 heterocycles. The average Bonchev–Trinajstić information content (AvgIpc) is 2.92. The van der Waals surface area contributed by atoms with Crippen LogP contribution in [-0.2, 0) is 4.74 Å². The fraction of sp³-hybridized carbons (Fsp3) is 0.200. The first-order valence-corrected chi connectivity index (χ1v) is 8.63. The molecular formula is C20H17BrN2O2. The Bertz CT molecular complexity index is 989. The van der Waals surface area contributed by atoms with Crippen molar-refractivity contribution in [3.63, 3.8) is 0 Å². The van der Waals surface area contributed by atoms with Gasteiger partial charge in [0.2, 0.25) is 0 Å². The minimum absolute atomic E-state index is 0.462. The van der Waals surface area contributed by atoms with E-state index in [2.05, 4.69) is 22.0 Å². The van der Waals surface area contributed by atoms with Gasteiger partial charge in [-0.25, -0.2) is 9.36 Å². The second-order valence-electron chi connectivity index (χ2n) is 6.74. The predicted octanol–water partition coefficient (Wildman–Crippen LogP) is 5.73. The quantitative estimate of drug-likeness (QED) is 0.527. The van der Waals surface area contributed by atoms with Gasteiger partial charge in [0.25, 0.3) is 0 Å². The van der Waals surface area contributed by atoms with Crippen LogP contribution in [0, 0.1) is 11.3 Å². The number of rotatable bonds is 1. The number of nitriles is 1. The summed E-state index contributed by atoms with van der Waals surface area (Å²) in [4.78, 5) is 12.8. The molecule has 3 rings (SSSR count). The van der Waals surface area contributed by atoms with Gasteiger partial charge < -0.3 is 4.74 Å². The minimum Gasteiger partial charge on any atom is -0.443 e. The fourth-order valence-electron chi connectivity index (χ4n) is 2.61. The molecule has 3 aromatic rings. The summed E-state index contributed by atoms with van der Waals surface area (Å²) in [6.45, 7) is 5.49. The number of carbonyl (C=O) groups excluding carboxylic acids is 1. The van der Waals surface area contributed by atoms with Crippen LogP contribution in [-0.4, -0.2) is 16.3 Å². The number of benzene rings is 2. The Hall–Kier alpha value is -2.58. The summed E-state index contributed by atoms with van der Waals surface area (Å²) in [6, 6.07) is 17.1. The van der Waals surface area contributed by atoms with Gasteiger partial charge in [0.05, 0.1) is 22.8 Å². The second kappa shape index (κ2) is 6.38. The molecule has 5 heteroatoms. The number of ether oxygens (including phenoxy) is 1. The molecule has 4 nitrogen and oxygen atoms in total. The number of aromatic nitrogens is 1. The Kier molecular flexibility index (Phi) is 4.40. The van der Waals surface area contributed by atoms with Gasteiger partial charge in [-0.2, -0.15) is 5.26 Å². The van der Waals surface area contributed by atoms with E-state index in [1.807, 2.05) is 57.2 Å². The van der Waals surface area contributed by atoms with E-state index >= 15 is 0 Å². The van der Waals surface area contributed by atoms with Gasteiger partial charge >= 0.3 is 6.09 Å². The minimum atomic E-state index is -0.614. The van der Waals surface area contributed by atoms with E-state index in [1.54, 1.807) is 12.1 Å². The molecule has 2 aromatic carbocycles. The lowest BCUT2D eigenvalue weighted by Crippen LogP contribution is -2.27. The zero-order valence-corrected chi connectivity index (χ0v) is 15.8. The van der Waals surface area contributed by atoms with Gasteiger partial charge in [-0.1, -0.05) is 34.1 Å². The van der Waals surface area contributed by atoms with E-state index in [0.717, 1.165) is 21.1 Å². The molecule has 25 heavy (non-hydrogen) atoms. The second-order valence-corrected chi connectivity index (χ2v) is 7.65. The summed E-state index contributed by atoms with van der Waals surface area (Å²) in [6.07, 6.45) is -0.462. The standard InChI is InChI=1S/C20H17BrN2O2/c1-20(2,3)25-19(24)23-17-10-13(12-22)4-5-15(17)11-18(23)14-6-8-16(21)9-7-14/h4-11H,1-3H3. The van der Waals surface area contributed by atoms with Gasteiger partial charge in [-0.15, -0.1) is 0 Å². The number of halogens is 1. The van der Waals surface area contributed by atoms with Crippen molar-refractivity contribution >= 4 is 32.9 Å². The summed E-state index contributed by atoms with van der Waals surface area (Å²) in [7, 11) is 0. The third-order valence-corrected chi connectivity index (χ3v) is 4.18. The molecule has 0 unspecified atom stereocenters. The smallest absolute Gasteiger partial charge is 0.419 e. The lowest BCUT2D eigenvalue weighted by atomic mass is 10.1. The van der Waals surface area contributed by atoms with Crippen LogP contribution >= 0.6 is 15.9 Å². The van der Waals surface area contributed by atoms with Crippen LogP contribution in [0.3, 0.4) is 0 Å². The van der Waals surface area contributed by atoms with Crippen LogP contribution in [0.5, 0.6) is 0 Å². The van der Waals surface area contributed by atoms with E-state index in [4.69, 9.17) is 4.74 Å². The highest BCUT2D eigenvalue weighted by Crippen LogP contribution is 2.30. The predicted molar refractivity (Wildman–Crippen MR) is 101 cm³/mol. The van der Waals surface area contributed by atoms with Gasteiger partial charge in [0, 0.05) is 9.86 Å². The summed E-state index contributed by atoms with van der Waals surface area (Å²) >= 11 is 3.42. The number of carbonyl (C=O) groups is 1. The molecular weight excluding hydrogens is 380 g/mol. The summed E-state index contributed by atoms with van der Waals surface area (Å²) in [5.74, 6) is 0. The first-order chi connectivity index (χ1) is 11.8. The Morgan fingerprint density at radius 1 is 1.12 bits per heavy atom. The normalized spacial score (nSPS) is 11.3. The Morgan fingerprint density at radius 3 is 2.40 bits per heavy atom. The fourth-order valence-corrected chi connectivity index (χ4v) is 2.87. The van der Waals surface area contributed by atoms with Crippen molar-refractivity contribution in [1.82, 2.24) is 4.57 Å². The SMILES string of the molecule is CC(C)(C)OC(=O)n1c(-c2ccc(Br)cc2)cc2ccc(C#N)cc21. The van der Waals surface area contributed by atoms with E-state index in [1.165, 1.54) is 4.57 Å². The molecule has 0 fully saturated rings. The van der Waals surface area contributed by atoms with Crippen LogP contribution in [0.15, 0.2) is 53.0 Å². The molecule has 0 radical (unpaired) electrons. The monoisotopic (exact) mass is 396 g/mol. The van der Waals surface area contributed by atoms with Gasteiger partial charge in [0.1, 0.15) is 5.60 Å². The first-order valence-electron chi connectivity index (χ1n) is 7.83. The lowest BCUT2D eigenvalue weighted by Gasteiger charge is -2.21. The summed E-state index contributed by atoms with van der Waals surface area (Å²) < 4.78 is 8.07. The first kappa shape index (κ1) is 17.2. The van der Waals surface area contributed by atoms with Gasteiger partial charge in [-0.05, 0) is 56.7 Å². The van der Waals surface area contributed by atoms with Crippen molar-refractivity contribution in [2.24, 2.45) is 0 Å². The Balaban J connectivity index is 2.25. The van der Waals surface area contributed by atoms with Crippen LogP contribution in [0.25, 0.3) is 22.2 Å². The van der Waals surface area contributed by atoms with E-state index in [9.17, 15) is 10.1 Å². The molecule has 0 atom stereocenters. The van der Waals surface area contributed by atoms with Crippen molar-refractivity contribution < 1.29 is 9.53 Å². The maximum atomic E-state index is 12.8. The maximum absolute atomic E-state index is 12.8. The molecule has 126 valence electrons. The van der Waals surface area contributed by atoms with Crippen molar-refractivity contribution in [2.45, 2.75) is 26.4 Å². The van der Waals surface area contributed by atoms with Crippen LogP contribution < -0.4 is 0 Å². The number of hydrogen-bond donors (Lipinski definition) is 0. The van der Waals surface area contributed by atoms with E-state index in [0.29, 0.717) is 11.1 Å². The third-order valence-electron chi connectivity index (χ3n) is 3.65. The maximum Gasteiger partial charge on any atom is 0.419 e. The van der Waals surface area contributed by atoms with Gasteiger partial charge in [-0.3, -0.25) is 0 Å². The molecule has 0 N–H and O–H groups in total. The molecule has 0 aliphatic rings. The Morgan fingerprint density at radius 2 is 1.80 bits per heavy atom. The highest BCUT2D eigenvalue weighted by Gasteiger charge is 2.23. The topological polar surface area (TPSA) is 55.0 Å². The van der Waals surface area contributed by atoms with E-state index in [-0.39, 0.29) is 0 Å². The summed E-state index contributed by atoms with van der Waals surface area (Å²) in [5.41, 5.74) is 2.16. The highest BCUT2D eigenvalue weighted by atomic mass is 79.9. The molecule has 0 aliphatic heterocycles. The molecule has 0 bridgehead atoms. The zero-order valence-electron chi connectivity index (χ0n) is 14.2. The number of hydrogen-bond acceptors (Lipinski definition) is 3. The van der Waals surface area contributed by atoms with Crippen LogP contribution in [0.2, 0.25) is 0 Å². The number of fused-ring (bicyclic) bond motifs is 1. The molecule has 1 aromatic heterocycles. The average molecular weight is 397 g/mol. The van der Waals surface area contributed by atoms with Crippen molar-refractivity contribution in [2.75, 3.05) is 0 Å². The van der Waals surface area contributed by atoms with Crippen LogP contribution in [0.1, 0.15) is 26.3 Å².